The van der Waals surface area contributed by atoms with Gasteiger partial charge in [0.25, 0.3) is 6.43 Å². The molecule has 0 aliphatic carbocycles. The van der Waals surface area contributed by atoms with Crippen LogP contribution in [0.1, 0.15) is 17.7 Å². The van der Waals surface area contributed by atoms with E-state index in [1.807, 2.05) is 0 Å². The molecule has 0 spiro atoms. The van der Waals surface area contributed by atoms with Crippen LogP contribution >= 0.6 is 46.4 Å². The molecule has 2 nitrogen and oxygen atoms in total. The normalized spacial score (nSPS) is 11.3. The fourth-order valence-electron chi connectivity index (χ4n) is 1.53. The van der Waals surface area contributed by atoms with Crippen LogP contribution in [0.25, 0.3) is 5.69 Å². The summed E-state index contributed by atoms with van der Waals surface area (Å²) in [5.41, 5.74) is 0.0909. The van der Waals surface area contributed by atoms with Gasteiger partial charge >= 0.3 is 0 Å². The Kier molecular flexibility index (Phi) is 4.56. The first-order valence-electron chi connectivity index (χ1n) is 5.02. The highest BCUT2D eigenvalue weighted by atomic mass is 35.5. The monoisotopic (exact) mass is 344 g/mol. The summed E-state index contributed by atoms with van der Waals surface area (Å²) in [6, 6.07) is 4.58. The maximum atomic E-state index is 12.8. The molecule has 19 heavy (non-hydrogen) atoms. The van der Waals surface area contributed by atoms with E-state index in [-0.39, 0.29) is 21.6 Å². The summed E-state index contributed by atoms with van der Waals surface area (Å²) < 4.78 is 26.8. The van der Waals surface area contributed by atoms with Gasteiger partial charge in [0.15, 0.2) is 0 Å². The summed E-state index contributed by atoms with van der Waals surface area (Å²) in [5.74, 6) is -0.153. The highest BCUT2D eigenvalue weighted by Gasteiger charge is 2.23. The molecule has 0 N–H and O–H groups in total. The zero-order valence-electron chi connectivity index (χ0n) is 9.18. The fourth-order valence-corrected chi connectivity index (χ4v) is 2.46. The van der Waals surface area contributed by atoms with E-state index in [1.54, 1.807) is 6.07 Å². The van der Waals surface area contributed by atoms with Gasteiger partial charge in [0, 0.05) is 5.56 Å². The lowest BCUT2D eigenvalue weighted by Crippen LogP contribution is -1.97. The fraction of sp³-hybridized carbons (Fsp3) is 0.182. The van der Waals surface area contributed by atoms with Crippen molar-refractivity contribution in [1.29, 1.82) is 0 Å². The molecule has 0 aliphatic heterocycles. The number of nitrogens with zero attached hydrogens (tertiary/aromatic N) is 2. The van der Waals surface area contributed by atoms with Crippen LogP contribution < -0.4 is 0 Å². The van der Waals surface area contributed by atoms with Crippen LogP contribution in [0.5, 0.6) is 0 Å². The summed E-state index contributed by atoms with van der Waals surface area (Å²) in [7, 11) is 0. The molecule has 2 aromatic rings. The van der Waals surface area contributed by atoms with Crippen LogP contribution in [0.4, 0.5) is 8.78 Å². The summed E-state index contributed by atoms with van der Waals surface area (Å²) in [6.07, 6.45) is -2.75. The second kappa shape index (κ2) is 5.83. The van der Waals surface area contributed by atoms with Gasteiger partial charge in [-0.3, -0.25) is 0 Å². The lowest BCUT2D eigenvalue weighted by atomic mass is 10.3. The van der Waals surface area contributed by atoms with Crippen molar-refractivity contribution in [1.82, 2.24) is 9.78 Å². The van der Waals surface area contributed by atoms with E-state index in [4.69, 9.17) is 46.4 Å². The molecule has 0 bridgehead atoms. The number of benzene rings is 1. The standard InChI is InChI=1S/C11H6Cl4F2N2/c12-4-6-9(11(16)17)18-19(10(6)15)5-1-2-7(13)8(14)3-5/h1-3,11H,4H2. The topological polar surface area (TPSA) is 17.8 Å². The number of aromatic nitrogens is 2. The van der Waals surface area contributed by atoms with Gasteiger partial charge in [-0.25, -0.2) is 13.5 Å². The van der Waals surface area contributed by atoms with Crippen LogP contribution in [0.3, 0.4) is 0 Å². The lowest BCUT2D eigenvalue weighted by Gasteiger charge is -2.04. The van der Waals surface area contributed by atoms with Gasteiger partial charge in [-0.05, 0) is 18.2 Å². The van der Waals surface area contributed by atoms with E-state index in [9.17, 15) is 8.78 Å². The summed E-state index contributed by atoms with van der Waals surface area (Å²) in [6.45, 7) is 0. The minimum Gasteiger partial charge on any atom is -0.221 e. The van der Waals surface area contributed by atoms with Crippen LogP contribution in [-0.4, -0.2) is 9.78 Å². The molecule has 0 unspecified atom stereocenters. The molecule has 1 heterocycles. The summed E-state index contributed by atoms with van der Waals surface area (Å²) >= 11 is 23.3. The zero-order chi connectivity index (χ0) is 14.2. The largest absolute Gasteiger partial charge is 0.282 e. The van der Waals surface area contributed by atoms with Gasteiger partial charge in [-0.2, -0.15) is 5.10 Å². The molecule has 0 atom stereocenters. The number of hydrogen-bond acceptors (Lipinski definition) is 1. The molecule has 0 aliphatic rings. The quantitative estimate of drug-likeness (QED) is 0.671. The molecule has 0 saturated heterocycles. The van der Waals surface area contributed by atoms with Gasteiger partial charge in [-0.1, -0.05) is 34.8 Å². The maximum Gasteiger partial charge on any atom is 0.282 e. The minimum absolute atomic E-state index is 0.0312. The molecular weight excluding hydrogens is 340 g/mol. The second-order valence-corrected chi connectivity index (χ2v) is 5.04. The van der Waals surface area contributed by atoms with E-state index in [2.05, 4.69) is 5.10 Å². The molecule has 1 aromatic carbocycles. The second-order valence-electron chi connectivity index (χ2n) is 3.60. The molecule has 8 heteroatoms. The van der Waals surface area contributed by atoms with Crippen molar-refractivity contribution in [3.8, 4) is 5.69 Å². The van der Waals surface area contributed by atoms with Crippen LogP contribution in [-0.2, 0) is 5.88 Å². The van der Waals surface area contributed by atoms with E-state index in [0.29, 0.717) is 10.7 Å². The maximum absolute atomic E-state index is 12.8. The molecule has 0 radical (unpaired) electrons. The first kappa shape index (κ1) is 14.9. The summed E-state index contributed by atoms with van der Waals surface area (Å²) in [5, 5.41) is 4.42. The molecular formula is C11H6Cl4F2N2. The van der Waals surface area contributed by atoms with E-state index in [1.165, 1.54) is 12.1 Å². The van der Waals surface area contributed by atoms with Crippen molar-refractivity contribution in [3.63, 3.8) is 0 Å². The summed E-state index contributed by atoms with van der Waals surface area (Å²) in [4.78, 5) is 0. The Balaban J connectivity index is 2.59. The predicted octanol–water partition coefficient (Wildman–Crippen LogP) is 5.51. The van der Waals surface area contributed by atoms with Crippen LogP contribution in [0.2, 0.25) is 15.2 Å². The molecule has 1 aromatic heterocycles. The first-order valence-corrected chi connectivity index (χ1v) is 6.69. The Labute approximate surface area is 127 Å². The van der Waals surface area contributed by atoms with Crippen molar-refractivity contribution in [2.75, 3.05) is 0 Å². The van der Waals surface area contributed by atoms with Crippen molar-refractivity contribution >= 4 is 46.4 Å². The molecule has 0 fully saturated rings. The molecule has 0 amide bonds. The molecule has 0 saturated carbocycles. The molecule has 2 rings (SSSR count). The highest BCUT2D eigenvalue weighted by Crippen LogP contribution is 2.32. The van der Waals surface area contributed by atoms with Crippen molar-refractivity contribution in [3.05, 3.63) is 44.7 Å². The minimum atomic E-state index is -2.75. The third-order valence-corrected chi connectivity index (χ3v) is 3.83. The van der Waals surface area contributed by atoms with Gasteiger partial charge < -0.3 is 0 Å². The van der Waals surface area contributed by atoms with Crippen molar-refractivity contribution in [2.24, 2.45) is 0 Å². The highest BCUT2D eigenvalue weighted by molar-refractivity contribution is 6.42. The third kappa shape index (κ3) is 2.82. The Hall–Kier alpha value is -0.550. The first-order chi connectivity index (χ1) is 8.95. The Morgan fingerprint density at radius 1 is 1.16 bits per heavy atom. The van der Waals surface area contributed by atoms with Gasteiger partial charge in [-0.15, -0.1) is 11.6 Å². The number of halogens is 6. The Bertz CT molecular complexity index is 613. The van der Waals surface area contributed by atoms with Gasteiger partial charge in [0.1, 0.15) is 10.8 Å². The third-order valence-electron chi connectivity index (χ3n) is 2.44. The van der Waals surface area contributed by atoms with Crippen LogP contribution in [0.15, 0.2) is 18.2 Å². The zero-order valence-corrected chi connectivity index (χ0v) is 12.2. The Morgan fingerprint density at radius 2 is 1.84 bits per heavy atom. The predicted molar refractivity (Wildman–Crippen MR) is 73.1 cm³/mol. The number of hydrogen-bond donors (Lipinski definition) is 0. The SMILES string of the molecule is FC(F)c1nn(-c2ccc(Cl)c(Cl)c2)c(Cl)c1CCl. The lowest BCUT2D eigenvalue weighted by molar-refractivity contribution is 0.144. The van der Waals surface area contributed by atoms with Crippen LogP contribution in [0, 0.1) is 0 Å². The van der Waals surface area contributed by atoms with Crippen molar-refractivity contribution < 1.29 is 8.78 Å². The Morgan fingerprint density at radius 3 is 2.32 bits per heavy atom. The van der Waals surface area contributed by atoms with E-state index < -0.39 is 12.1 Å². The van der Waals surface area contributed by atoms with Gasteiger partial charge in [0.05, 0.1) is 21.6 Å². The number of alkyl halides is 3. The average molecular weight is 346 g/mol. The molecule has 102 valence electrons. The smallest absolute Gasteiger partial charge is 0.221 e. The van der Waals surface area contributed by atoms with Gasteiger partial charge in [0.2, 0.25) is 0 Å². The van der Waals surface area contributed by atoms with E-state index in [0.717, 1.165) is 4.68 Å². The van der Waals surface area contributed by atoms with E-state index >= 15 is 0 Å². The average Bonchev–Trinajstić information content (AvgIpc) is 2.70. The number of rotatable bonds is 3. The van der Waals surface area contributed by atoms with Crippen molar-refractivity contribution in [2.45, 2.75) is 12.3 Å².